The minimum atomic E-state index is -0.471. The summed E-state index contributed by atoms with van der Waals surface area (Å²) in [6, 6.07) is 8.34. The number of benzene rings is 1. The molecule has 1 unspecified atom stereocenters. The van der Waals surface area contributed by atoms with Crippen LogP contribution >= 0.6 is 11.3 Å². The molecule has 0 spiro atoms. The highest BCUT2D eigenvalue weighted by molar-refractivity contribution is 7.12. The van der Waals surface area contributed by atoms with Gasteiger partial charge in [-0.3, -0.25) is 9.59 Å². The van der Waals surface area contributed by atoms with Crippen LogP contribution in [0.25, 0.3) is 0 Å². The second-order valence-corrected chi connectivity index (χ2v) is 6.64. The Kier molecular flexibility index (Phi) is 5.23. The fraction of sp³-hybridized carbons (Fsp3) is 0.333. The zero-order valence-corrected chi connectivity index (χ0v) is 15.0. The van der Waals surface area contributed by atoms with E-state index in [2.05, 4.69) is 5.32 Å². The number of carbonyl (C=O) groups is 2. The van der Waals surface area contributed by atoms with Crippen molar-refractivity contribution in [1.29, 1.82) is 0 Å². The summed E-state index contributed by atoms with van der Waals surface area (Å²) in [4.78, 5) is 27.6. The van der Waals surface area contributed by atoms with Crippen molar-refractivity contribution in [3.63, 3.8) is 0 Å². The van der Waals surface area contributed by atoms with Crippen LogP contribution in [0.1, 0.15) is 22.5 Å². The number of hydrogen-bond acceptors (Lipinski definition) is 5. The predicted octanol–water partition coefficient (Wildman–Crippen LogP) is 3.01. The number of methoxy groups -OCH3 is 2. The summed E-state index contributed by atoms with van der Waals surface area (Å²) < 4.78 is 10.5. The van der Waals surface area contributed by atoms with E-state index in [0.29, 0.717) is 35.0 Å². The smallest absolute Gasteiger partial charge is 0.264 e. The zero-order valence-electron chi connectivity index (χ0n) is 14.2. The Labute approximate surface area is 150 Å². The predicted molar refractivity (Wildman–Crippen MR) is 96.6 cm³/mol. The monoisotopic (exact) mass is 360 g/mol. The van der Waals surface area contributed by atoms with Crippen molar-refractivity contribution in [3.05, 3.63) is 40.6 Å². The molecule has 2 aromatic rings. The fourth-order valence-electron chi connectivity index (χ4n) is 2.94. The van der Waals surface area contributed by atoms with Gasteiger partial charge in [0.25, 0.3) is 5.91 Å². The van der Waals surface area contributed by atoms with E-state index in [-0.39, 0.29) is 11.8 Å². The Bertz CT molecular complexity index is 760. The van der Waals surface area contributed by atoms with Crippen LogP contribution in [0.4, 0.5) is 5.69 Å². The molecule has 1 atom stereocenters. The van der Waals surface area contributed by atoms with Crippen molar-refractivity contribution in [2.24, 2.45) is 0 Å². The van der Waals surface area contributed by atoms with E-state index < -0.39 is 6.04 Å². The molecule has 1 saturated heterocycles. The average molecular weight is 360 g/mol. The largest absolute Gasteiger partial charge is 0.497 e. The zero-order chi connectivity index (χ0) is 17.8. The molecule has 1 aromatic carbocycles. The molecule has 1 aliphatic rings. The van der Waals surface area contributed by atoms with E-state index >= 15 is 0 Å². The quantitative estimate of drug-likeness (QED) is 0.890. The molecule has 0 radical (unpaired) electrons. The molecule has 6 nitrogen and oxygen atoms in total. The molecule has 0 saturated carbocycles. The lowest BCUT2D eigenvalue weighted by Gasteiger charge is -2.24. The summed E-state index contributed by atoms with van der Waals surface area (Å²) in [6.07, 6.45) is 1.47. The Morgan fingerprint density at radius 2 is 2.08 bits per heavy atom. The highest BCUT2D eigenvalue weighted by atomic mass is 32.1. The highest BCUT2D eigenvalue weighted by Crippen LogP contribution is 2.30. The maximum atomic E-state index is 12.7. The fourth-order valence-corrected chi connectivity index (χ4v) is 3.62. The van der Waals surface area contributed by atoms with Crippen LogP contribution in [0.5, 0.6) is 11.5 Å². The number of thiophene rings is 1. The van der Waals surface area contributed by atoms with Crippen molar-refractivity contribution in [2.75, 3.05) is 26.1 Å². The van der Waals surface area contributed by atoms with Crippen molar-refractivity contribution in [3.8, 4) is 11.5 Å². The van der Waals surface area contributed by atoms with Gasteiger partial charge in [-0.05, 0) is 36.4 Å². The van der Waals surface area contributed by atoms with Crippen LogP contribution in [0.3, 0.4) is 0 Å². The van der Waals surface area contributed by atoms with E-state index in [1.807, 2.05) is 11.4 Å². The molecule has 1 aromatic heterocycles. The number of carbonyl (C=O) groups excluding carboxylic acids is 2. The third-order valence-electron chi connectivity index (χ3n) is 4.21. The average Bonchev–Trinajstić information content (AvgIpc) is 3.33. The Balaban J connectivity index is 1.75. The van der Waals surface area contributed by atoms with E-state index in [4.69, 9.17) is 9.47 Å². The van der Waals surface area contributed by atoms with Gasteiger partial charge >= 0.3 is 0 Å². The lowest BCUT2D eigenvalue weighted by atomic mass is 10.2. The van der Waals surface area contributed by atoms with Crippen molar-refractivity contribution < 1.29 is 19.1 Å². The highest BCUT2D eigenvalue weighted by Gasteiger charge is 2.35. The van der Waals surface area contributed by atoms with E-state index in [1.54, 1.807) is 36.3 Å². The number of nitrogens with one attached hydrogen (secondary N) is 1. The summed E-state index contributed by atoms with van der Waals surface area (Å²) in [5.74, 6) is 0.868. The van der Waals surface area contributed by atoms with Gasteiger partial charge in [-0.1, -0.05) is 6.07 Å². The summed E-state index contributed by atoms with van der Waals surface area (Å²) in [6.45, 7) is 0.592. The minimum Gasteiger partial charge on any atom is -0.497 e. The van der Waals surface area contributed by atoms with Crippen molar-refractivity contribution >= 4 is 28.8 Å². The molecule has 1 N–H and O–H groups in total. The molecule has 0 aliphatic carbocycles. The van der Waals surface area contributed by atoms with Gasteiger partial charge in [0.1, 0.15) is 17.5 Å². The topological polar surface area (TPSA) is 67.9 Å². The first-order valence-corrected chi connectivity index (χ1v) is 8.89. The maximum absolute atomic E-state index is 12.7. The van der Waals surface area contributed by atoms with Gasteiger partial charge in [-0.2, -0.15) is 0 Å². The maximum Gasteiger partial charge on any atom is 0.264 e. The lowest BCUT2D eigenvalue weighted by molar-refractivity contribution is -0.119. The van der Waals surface area contributed by atoms with Crippen LogP contribution < -0.4 is 14.8 Å². The van der Waals surface area contributed by atoms with Crippen molar-refractivity contribution in [2.45, 2.75) is 18.9 Å². The molecular formula is C18H20N2O4S. The van der Waals surface area contributed by atoms with Gasteiger partial charge in [0.05, 0.1) is 24.8 Å². The molecule has 2 heterocycles. The van der Waals surface area contributed by atoms with Crippen LogP contribution in [-0.4, -0.2) is 43.5 Å². The first kappa shape index (κ1) is 17.3. The molecule has 2 amide bonds. The molecule has 25 heavy (non-hydrogen) atoms. The lowest BCUT2D eigenvalue weighted by Crippen LogP contribution is -2.43. The van der Waals surface area contributed by atoms with Crippen molar-refractivity contribution in [1.82, 2.24) is 4.90 Å². The molecule has 1 aliphatic heterocycles. The number of anilines is 1. The molecule has 3 rings (SSSR count). The third kappa shape index (κ3) is 3.61. The molecule has 0 bridgehead atoms. The molecule has 132 valence electrons. The van der Waals surface area contributed by atoms with Crippen LogP contribution in [0, 0.1) is 0 Å². The first-order chi connectivity index (χ1) is 12.1. The summed E-state index contributed by atoms with van der Waals surface area (Å²) in [5, 5.41) is 4.74. The first-order valence-electron chi connectivity index (χ1n) is 8.01. The number of amides is 2. The number of rotatable bonds is 5. The van der Waals surface area contributed by atoms with Gasteiger partial charge < -0.3 is 19.7 Å². The molecule has 1 fully saturated rings. The molecular weight excluding hydrogens is 340 g/mol. The van der Waals surface area contributed by atoms with E-state index in [1.165, 1.54) is 18.4 Å². The number of likely N-dealkylation sites (tertiary alicyclic amines) is 1. The van der Waals surface area contributed by atoms with Gasteiger partial charge in [0.15, 0.2) is 0 Å². The SMILES string of the molecule is COc1ccc(NC(=O)C2CCCN2C(=O)c2cccs2)c(OC)c1. The third-order valence-corrected chi connectivity index (χ3v) is 5.07. The minimum absolute atomic E-state index is 0.0886. The van der Waals surface area contributed by atoms with Crippen LogP contribution in [-0.2, 0) is 4.79 Å². The van der Waals surface area contributed by atoms with E-state index in [0.717, 1.165) is 6.42 Å². The normalized spacial score (nSPS) is 16.6. The number of hydrogen-bond donors (Lipinski definition) is 1. The summed E-state index contributed by atoms with van der Waals surface area (Å²) in [7, 11) is 3.10. The Hall–Kier alpha value is -2.54. The number of nitrogens with zero attached hydrogens (tertiary/aromatic N) is 1. The number of ether oxygens (including phenoxy) is 2. The Morgan fingerprint density at radius 3 is 2.76 bits per heavy atom. The standard InChI is InChI=1S/C18H20N2O4S/c1-23-12-7-8-13(15(11-12)24-2)19-17(21)14-5-3-9-20(14)18(22)16-6-4-10-25-16/h4,6-8,10-11,14H,3,5,9H2,1-2H3,(H,19,21). The summed E-state index contributed by atoms with van der Waals surface area (Å²) >= 11 is 1.39. The van der Waals surface area contributed by atoms with Gasteiger partial charge in [0.2, 0.25) is 5.91 Å². The van der Waals surface area contributed by atoms with Gasteiger partial charge in [0, 0.05) is 12.6 Å². The van der Waals surface area contributed by atoms with Crippen LogP contribution in [0.2, 0.25) is 0 Å². The van der Waals surface area contributed by atoms with Gasteiger partial charge in [-0.25, -0.2) is 0 Å². The second-order valence-electron chi connectivity index (χ2n) is 5.69. The van der Waals surface area contributed by atoms with Gasteiger partial charge in [-0.15, -0.1) is 11.3 Å². The summed E-state index contributed by atoms with van der Waals surface area (Å²) in [5.41, 5.74) is 0.559. The second kappa shape index (κ2) is 7.57. The Morgan fingerprint density at radius 1 is 1.24 bits per heavy atom. The van der Waals surface area contributed by atoms with Crippen LogP contribution in [0.15, 0.2) is 35.7 Å². The van der Waals surface area contributed by atoms with E-state index in [9.17, 15) is 9.59 Å². The molecule has 7 heteroatoms.